The Morgan fingerprint density at radius 2 is 1.25 bits per heavy atom. The quantitative estimate of drug-likeness (QED) is 0.421. The van der Waals surface area contributed by atoms with E-state index in [0.29, 0.717) is 0 Å². The van der Waals surface area contributed by atoms with Crippen molar-refractivity contribution in [1.29, 1.82) is 0 Å². The van der Waals surface area contributed by atoms with Crippen LogP contribution in [0.5, 0.6) is 0 Å². The first-order chi connectivity index (χ1) is 10.3. The number of halogens is 7. The topological polar surface area (TPSA) is 77.5 Å². The zero-order valence-electron chi connectivity index (χ0n) is 12.3. The second-order valence-electron chi connectivity index (χ2n) is 4.92. The predicted octanol–water partition coefficient (Wildman–Crippen LogP) is 2.81. The van der Waals surface area contributed by atoms with Crippen LogP contribution in [0.3, 0.4) is 0 Å². The largest absolute Gasteiger partial charge is 0.498 e. The lowest BCUT2D eigenvalue weighted by atomic mass is 10.5. The van der Waals surface area contributed by atoms with Gasteiger partial charge in [0.15, 0.2) is 4.58 Å². The molecule has 0 saturated heterocycles. The first kappa shape index (κ1) is 24.1. The summed E-state index contributed by atoms with van der Waals surface area (Å²) in [6, 6.07) is 0. The van der Waals surface area contributed by atoms with Crippen LogP contribution in [0.1, 0.15) is 6.42 Å². The van der Waals surface area contributed by atoms with Gasteiger partial charge >= 0.3 is 11.0 Å². The van der Waals surface area contributed by atoms with Gasteiger partial charge in [-0.15, -0.1) is 0 Å². The van der Waals surface area contributed by atoms with Crippen LogP contribution in [-0.2, 0) is 24.4 Å². The third-order valence-electron chi connectivity index (χ3n) is 2.55. The number of sulfone groups is 2. The molecule has 148 valence electrons. The molecule has 15 heteroatoms. The third-order valence-corrected chi connectivity index (χ3v) is 8.82. The highest BCUT2D eigenvalue weighted by atomic mass is 35.7. The molecule has 0 N–H and O–H groups in total. The third kappa shape index (κ3) is 6.42. The summed E-state index contributed by atoms with van der Waals surface area (Å²) in [6.07, 6.45) is 1.77. The maximum absolute atomic E-state index is 12.5. The van der Waals surface area contributed by atoms with E-state index in [1.54, 1.807) is 12.5 Å². The maximum Gasteiger partial charge on any atom is 0.498 e. The summed E-state index contributed by atoms with van der Waals surface area (Å²) >= 11 is 0. The normalized spacial score (nSPS) is 15.8. The zero-order chi connectivity index (χ0) is 19.6. The van der Waals surface area contributed by atoms with Crippen molar-refractivity contribution in [2.75, 3.05) is 31.5 Å². The lowest BCUT2D eigenvalue weighted by molar-refractivity contribution is -0.0474. The van der Waals surface area contributed by atoms with Crippen molar-refractivity contribution >= 4 is 39.6 Å². The molecule has 24 heavy (non-hydrogen) atoms. The van der Waals surface area contributed by atoms with Crippen LogP contribution in [0, 0.1) is 0 Å². The molecule has 0 spiro atoms. The minimum Gasteiger partial charge on any atom is -0.381 e. The molecule has 0 bridgehead atoms. The Morgan fingerprint density at radius 1 is 0.875 bits per heavy atom. The van der Waals surface area contributed by atoms with E-state index in [1.165, 1.54) is 0 Å². The van der Waals surface area contributed by atoms with E-state index >= 15 is 0 Å². The van der Waals surface area contributed by atoms with E-state index in [4.69, 9.17) is 15.4 Å². The van der Waals surface area contributed by atoms with Crippen LogP contribution in [0.4, 0.5) is 26.3 Å². The maximum atomic E-state index is 12.5. The average molecular weight is 449 g/mol. The molecule has 0 rings (SSSR count). The van der Waals surface area contributed by atoms with Crippen molar-refractivity contribution in [2.24, 2.45) is 0 Å². The lowest BCUT2D eigenvalue weighted by Crippen LogP contribution is -2.45. The number of rotatable bonds is 8. The molecule has 0 heterocycles. The van der Waals surface area contributed by atoms with E-state index in [9.17, 15) is 43.2 Å². The van der Waals surface area contributed by atoms with Gasteiger partial charge in [-0.25, -0.2) is 16.8 Å². The van der Waals surface area contributed by atoms with E-state index in [-0.39, 0.29) is 12.4 Å². The molecule has 0 aliphatic heterocycles. The van der Waals surface area contributed by atoms with Gasteiger partial charge in [-0.1, -0.05) is 10.7 Å². The van der Waals surface area contributed by atoms with Crippen LogP contribution in [0.15, 0.2) is 0 Å². The highest BCUT2D eigenvalue weighted by Crippen LogP contribution is 2.44. The molecule has 0 aliphatic carbocycles. The Hall–Kier alpha value is 0.0800. The number of hydrogen-bond acceptors (Lipinski definition) is 5. The van der Waals surface area contributed by atoms with E-state index < -0.39 is 57.5 Å². The fraction of sp³-hybridized carbons (Fsp3) is 1.00. The SMILES string of the molecule is CS(C)(Cl)CCOCCC(S(=O)(=O)C(F)(F)F)S(=O)(=O)C(F)(F)F. The minimum absolute atomic E-state index is 0.170. The lowest BCUT2D eigenvalue weighted by Gasteiger charge is -2.22. The first-order valence-corrected chi connectivity index (χ1v) is 12.5. The summed E-state index contributed by atoms with van der Waals surface area (Å²) in [7, 11) is -8.93. The Labute approximate surface area is 141 Å². The van der Waals surface area contributed by atoms with Gasteiger partial charge in [0.2, 0.25) is 0 Å². The number of ether oxygens (including phenoxy) is 1. The van der Waals surface area contributed by atoms with Crippen molar-refractivity contribution in [2.45, 2.75) is 22.0 Å². The molecule has 0 atom stereocenters. The first-order valence-electron chi connectivity index (χ1n) is 5.93. The zero-order valence-corrected chi connectivity index (χ0v) is 15.5. The summed E-state index contributed by atoms with van der Waals surface area (Å²) < 4.78 is 121. The summed E-state index contributed by atoms with van der Waals surface area (Å²) in [5.41, 5.74) is -12.3. The standard InChI is InChI=1S/C9H15ClF6O5S3/c1-22(2,10)6-5-21-4-3-7(23(17,18)8(11,12)13)24(19,20)9(14,15)16/h7H,3-6H2,1-2H3. The van der Waals surface area contributed by atoms with Gasteiger partial charge < -0.3 is 4.74 Å². The molecule has 0 fully saturated rings. The van der Waals surface area contributed by atoms with E-state index in [2.05, 4.69) is 0 Å². The molecule has 0 radical (unpaired) electrons. The molecule has 5 nitrogen and oxygen atoms in total. The molecule has 0 aromatic rings. The second kappa shape index (κ2) is 7.76. The van der Waals surface area contributed by atoms with Gasteiger partial charge in [0, 0.05) is 18.8 Å². The van der Waals surface area contributed by atoms with Crippen LogP contribution < -0.4 is 0 Å². The molecule has 0 saturated carbocycles. The summed E-state index contributed by atoms with van der Waals surface area (Å²) in [5, 5.41) is 0. The van der Waals surface area contributed by atoms with Crippen molar-refractivity contribution in [3.63, 3.8) is 0 Å². The van der Waals surface area contributed by atoms with Gasteiger partial charge in [-0.3, -0.25) is 0 Å². The van der Waals surface area contributed by atoms with Crippen molar-refractivity contribution in [1.82, 2.24) is 0 Å². The summed E-state index contributed by atoms with van der Waals surface area (Å²) in [5.74, 6) is 0.233. The van der Waals surface area contributed by atoms with Gasteiger partial charge in [0.25, 0.3) is 19.7 Å². The molecule has 0 amide bonds. The highest BCUT2D eigenvalue weighted by Gasteiger charge is 2.62. The highest BCUT2D eigenvalue weighted by molar-refractivity contribution is 8.50. The van der Waals surface area contributed by atoms with Gasteiger partial charge in [0.1, 0.15) is 0 Å². The minimum atomic E-state index is -6.60. The van der Waals surface area contributed by atoms with Gasteiger partial charge in [-0.05, 0) is 12.5 Å². The summed E-state index contributed by atoms with van der Waals surface area (Å²) in [6.45, 7) is -1.10. The van der Waals surface area contributed by atoms with Crippen LogP contribution in [0.2, 0.25) is 0 Å². The fourth-order valence-corrected chi connectivity index (χ4v) is 5.42. The number of hydrogen-bond donors (Lipinski definition) is 0. The number of alkyl halides is 6. The molecule has 0 aliphatic rings. The Bertz CT molecular complexity index is 576. The van der Waals surface area contributed by atoms with Crippen LogP contribution >= 0.6 is 19.9 Å². The Balaban J connectivity index is 5.35. The molecule has 0 unspecified atom stereocenters. The molecular weight excluding hydrogens is 434 g/mol. The predicted molar refractivity (Wildman–Crippen MR) is 79.3 cm³/mol. The smallest absolute Gasteiger partial charge is 0.381 e. The molecular formula is C9H15ClF6O5S3. The fourth-order valence-electron chi connectivity index (χ4n) is 1.31. The van der Waals surface area contributed by atoms with Gasteiger partial charge in [-0.2, -0.15) is 35.6 Å². The van der Waals surface area contributed by atoms with Crippen molar-refractivity contribution in [3.8, 4) is 0 Å². The van der Waals surface area contributed by atoms with E-state index in [0.717, 1.165) is 0 Å². The monoisotopic (exact) mass is 448 g/mol. The van der Waals surface area contributed by atoms with E-state index in [1.807, 2.05) is 0 Å². The average Bonchev–Trinajstić information content (AvgIpc) is 2.28. The Morgan fingerprint density at radius 3 is 1.54 bits per heavy atom. The molecule has 0 aromatic heterocycles. The Kier molecular flexibility index (Phi) is 7.79. The van der Waals surface area contributed by atoms with Gasteiger partial charge in [0.05, 0.1) is 6.61 Å². The molecule has 0 aromatic carbocycles. The van der Waals surface area contributed by atoms with Crippen molar-refractivity contribution in [3.05, 3.63) is 0 Å². The second-order valence-corrected chi connectivity index (χ2v) is 15.2. The van der Waals surface area contributed by atoms with Crippen LogP contribution in [-0.4, -0.2) is 63.9 Å². The van der Waals surface area contributed by atoms with Crippen LogP contribution in [0.25, 0.3) is 0 Å². The summed E-state index contributed by atoms with van der Waals surface area (Å²) in [4.78, 5) is 0. The van der Waals surface area contributed by atoms with Crippen molar-refractivity contribution < 1.29 is 47.9 Å².